The number of ether oxygens (including phenoxy) is 3. The van der Waals surface area contributed by atoms with Gasteiger partial charge in [-0.25, -0.2) is 4.79 Å². The van der Waals surface area contributed by atoms with Crippen molar-refractivity contribution in [2.75, 3.05) is 7.11 Å². The summed E-state index contributed by atoms with van der Waals surface area (Å²) in [5.41, 5.74) is 0.0895. The molecule has 4 rings (SSSR count). The van der Waals surface area contributed by atoms with Gasteiger partial charge < -0.3 is 29.7 Å². The summed E-state index contributed by atoms with van der Waals surface area (Å²) in [5.74, 6) is -1.67. The van der Waals surface area contributed by atoms with Crippen LogP contribution in [0.4, 0.5) is 0 Å². The second kappa shape index (κ2) is 8.80. The van der Waals surface area contributed by atoms with Crippen LogP contribution in [0.5, 0.6) is 0 Å². The van der Waals surface area contributed by atoms with Gasteiger partial charge in [0, 0.05) is 43.6 Å². The number of esters is 1. The van der Waals surface area contributed by atoms with Crippen molar-refractivity contribution in [2.45, 2.75) is 83.2 Å². The van der Waals surface area contributed by atoms with Crippen molar-refractivity contribution in [3.05, 3.63) is 23.8 Å². The minimum Gasteiger partial charge on any atom is -0.457 e. The van der Waals surface area contributed by atoms with E-state index in [1.165, 1.54) is 14.0 Å². The molecule has 2 heterocycles. The first-order chi connectivity index (χ1) is 15.5. The number of aliphatic hydroxyl groups is 2. The van der Waals surface area contributed by atoms with Gasteiger partial charge in [-0.15, -0.1) is 0 Å². The molecule has 1 saturated heterocycles. The quantitative estimate of drug-likeness (QED) is 0.428. The molecule has 33 heavy (non-hydrogen) atoms. The Kier molecular flexibility index (Phi) is 6.50. The highest BCUT2D eigenvalue weighted by atomic mass is 16.6. The zero-order chi connectivity index (χ0) is 24.2. The number of rotatable bonds is 3. The van der Waals surface area contributed by atoms with E-state index in [2.05, 4.69) is 17.5 Å². The molecule has 184 valence electrons. The molecule has 0 aromatic carbocycles. The van der Waals surface area contributed by atoms with Crippen molar-refractivity contribution >= 4 is 11.9 Å². The monoisotopic (exact) mass is 463 g/mol. The third-order valence-corrected chi connectivity index (χ3v) is 8.32. The molecule has 8 nitrogen and oxygen atoms in total. The van der Waals surface area contributed by atoms with Gasteiger partial charge in [0.15, 0.2) is 6.10 Å². The molecular weight excluding hydrogens is 426 g/mol. The zero-order valence-corrected chi connectivity index (χ0v) is 20.2. The standard InChI is InChI=1S/C25H37NO7/c1-11-9-12(2)25-16(10-18(31-6)24(30)32-22(11)14(4)27)7-8-17-19(25)21(29)13(3)20(23(17)33-25)26-15(5)28/h7-9,11,13-14,16-23,27,29H,10H2,1-6H3,(H,26,28)/b12-9+/t11-,13+,14-,16-,17-,18?,19+,20+,21-,22+,23-,25+/m1/s1. The van der Waals surface area contributed by atoms with Gasteiger partial charge in [-0.3, -0.25) is 4.79 Å². The molecule has 2 fully saturated rings. The van der Waals surface area contributed by atoms with Crippen molar-refractivity contribution in [3.63, 3.8) is 0 Å². The molecule has 1 unspecified atom stereocenters. The Morgan fingerprint density at radius 2 is 2.03 bits per heavy atom. The highest BCUT2D eigenvalue weighted by Gasteiger charge is 2.68. The summed E-state index contributed by atoms with van der Waals surface area (Å²) in [5, 5.41) is 24.9. The third kappa shape index (κ3) is 3.75. The third-order valence-electron chi connectivity index (χ3n) is 8.32. The van der Waals surface area contributed by atoms with Crippen LogP contribution >= 0.6 is 0 Å². The van der Waals surface area contributed by atoms with E-state index in [1.807, 2.05) is 26.8 Å². The Bertz CT molecular complexity index is 854. The lowest BCUT2D eigenvalue weighted by molar-refractivity contribution is -0.172. The average Bonchev–Trinajstić information content (AvgIpc) is 2.94. The van der Waals surface area contributed by atoms with E-state index in [0.29, 0.717) is 6.42 Å². The Hall–Kier alpha value is -1.74. The van der Waals surface area contributed by atoms with Gasteiger partial charge in [0.1, 0.15) is 11.7 Å². The Labute approximate surface area is 195 Å². The van der Waals surface area contributed by atoms with Crippen molar-refractivity contribution in [1.82, 2.24) is 5.32 Å². The summed E-state index contributed by atoms with van der Waals surface area (Å²) in [7, 11) is 1.47. The predicted molar refractivity (Wildman–Crippen MR) is 120 cm³/mol. The number of amides is 1. The summed E-state index contributed by atoms with van der Waals surface area (Å²) in [6.07, 6.45) is 3.04. The van der Waals surface area contributed by atoms with Crippen LogP contribution in [0.25, 0.3) is 0 Å². The van der Waals surface area contributed by atoms with Crippen LogP contribution < -0.4 is 5.32 Å². The minimum atomic E-state index is -0.865. The Morgan fingerprint density at radius 3 is 2.64 bits per heavy atom. The van der Waals surface area contributed by atoms with Crippen molar-refractivity contribution in [3.8, 4) is 0 Å². The topological polar surface area (TPSA) is 114 Å². The van der Waals surface area contributed by atoms with E-state index in [9.17, 15) is 19.8 Å². The minimum absolute atomic E-state index is 0.0635. The number of aliphatic hydroxyl groups excluding tert-OH is 2. The maximum atomic E-state index is 13.0. The van der Waals surface area contributed by atoms with E-state index in [0.717, 1.165) is 5.57 Å². The van der Waals surface area contributed by atoms with Crippen LogP contribution in [0.1, 0.15) is 41.0 Å². The highest BCUT2D eigenvalue weighted by molar-refractivity contribution is 5.75. The summed E-state index contributed by atoms with van der Waals surface area (Å²) < 4.78 is 18.1. The molecule has 4 bridgehead atoms. The number of hydrogen-bond donors (Lipinski definition) is 3. The highest BCUT2D eigenvalue weighted by Crippen LogP contribution is 2.60. The van der Waals surface area contributed by atoms with Gasteiger partial charge in [-0.2, -0.15) is 0 Å². The van der Waals surface area contributed by atoms with Crippen molar-refractivity contribution in [1.29, 1.82) is 0 Å². The van der Waals surface area contributed by atoms with E-state index in [-0.39, 0.29) is 47.6 Å². The molecule has 0 radical (unpaired) electrons. The van der Waals surface area contributed by atoms with Crippen molar-refractivity contribution in [2.24, 2.45) is 29.6 Å². The lowest BCUT2D eigenvalue weighted by atomic mass is 9.57. The molecule has 0 aromatic rings. The maximum Gasteiger partial charge on any atom is 0.335 e. The van der Waals surface area contributed by atoms with Crippen LogP contribution in [-0.4, -0.2) is 71.4 Å². The SMILES string of the molecule is COC1C[C@H]2C=C[C@H]3[C@H]4O[C@]2(/C(C)=C/[C@@H](C)[C@@H]([C@@H](C)O)OC1=O)[C@@H]3[C@H](O)[C@@H](C)[C@@H]4NC(C)=O. The van der Waals surface area contributed by atoms with Crippen LogP contribution in [0.2, 0.25) is 0 Å². The fraction of sp³-hybridized carbons (Fsp3) is 0.760. The fourth-order valence-corrected chi connectivity index (χ4v) is 6.82. The molecule has 1 saturated carbocycles. The van der Waals surface area contributed by atoms with E-state index in [4.69, 9.17) is 14.2 Å². The Morgan fingerprint density at radius 1 is 1.33 bits per heavy atom. The van der Waals surface area contributed by atoms with Crippen molar-refractivity contribution < 1.29 is 34.0 Å². The van der Waals surface area contributed by atoms with Gasteiger partial charge in [-0.1, -0.05) is 32.1 Å². The van der Waals surface area contributed by atoms with Crippen LogP contribution in [0, 0.1) is 29.6 Å². The molecule has 4 aliphatic rings. The number of carbonyl (C=O) groups is 2. The number of hydrogen-bond acceptors (Lipinski definition) is 7. The van der Waals surface area contributed by atoms with E-state index >= 15 is 0 Å². The summed E-state index contributed by atoms with van der Waals surface area (Å²) in [4.78, 5) is 24.9. The molecule has 3 N–H and O–H groups in total. The first kappa shape index (κ1) is 24.4. The van der Waals surface area contributed by atoms with Crippen LogP contribution in [0.3, 0.4) is 0 Å². The maximum absolute atomic E-state index is 13.0. The van der Waals surface area contributed by atoms with E-state index in [1.54, 1.807) is 6.92 Å². The average molecular weight is 464 g/mol. The summed E-state index contributed by atoms with van der Waals surface area (Å²) in [6, 6.07) is -0.324. The largest absolute Gasteiger partial charge is 0.457 e. The van der Waals surface area contributed by atoms with Crippen LogP contribution in [0.15, 0.2) is 23.8 Å². The molecule has 1 spiro atoms. The first-order valence-corrected chi connectivity index (χ1v) is 11.9. The summed E-state index contributed by atoms with van der Waals surface area (Å²) in [6.45, 7) is 8.93. The second-order valence-corrected chi connectivity index (χ2v) is 10.4. The molecule has 12 atom stereocenters. The molecule has 2 aliphatic carbocycles. The zero-order valence-electron chi connectivity index (χ0n) is 20.2. The predicted octanol–water partition coefficient (Wildman–Crippen LogP) is 1.35. The number of carbonyl (C=O) groups excluding carboxylic acids is 2. The molecule has 8 heteroatoms. The van der Waals surface area contributed by atoms with Gasteiger partial charge in [0.05, 0.1) is 24.4 Å². The lowest BCUT2D eigenvalue weighted by Crippen LogP contribution is -2.59. The van der Waals surface area contributed by atoms with Gasteiger partial charge in [0.25, 0.3) is 0 Å². The molecule has 1 amide bonds. The number of methoxy groups -OCH3 is 1. The summed E-state index contributed by atoms with van der Waals surface area (Å²) >= 11 is 0. The van der Waals surface area contributed by atoms with Gasteiger partial charge >= 0.3 is 5.97 Å². The second-order valence-electron chi connectivity index (χ2n) is 10.4. The van der Waals surface area contributed by atoms with Crippen LogP contribution in [-0.2, 0) is 23.8 Å². The molecular formula is C25H37NO7. The smallest absolute Gasteiger partial charge is 0.335 e. The van der Waals surface area contributed by atoms with Gasteiger partial charge in [-0.05, 0) is 25.8 Å². The molecule has 2 aliphatic heterocycles. The van der Waals surface area contributed by atoms with E-state index < -0.39 is 36.0 Å². The normalized spacial score (nSPS) is 49.3. The first-order valence-electron chi connectivity index (χ1n) is 11.9. The van der Waals surface area contributed by atoms with Gasteiger partial charge in [0.2, 0.25) is 5.91 Å². The Balaban J connectivity index is 1.85. The lowest BCUT2D eigenvalue weighted by Gasteiger charge is -2.49. The fourth-order valence-electron chi connectivity index (χ4n) is 6.82. The molecule has 0 aromatic heterocycles. The number of nitrogens with one attached hydrogen (secondary N) is 1. The number of cyclic esters (lactones) is 1.